The van der Waals surface area contributed by atoms with Gasteiger partial charge in [0.05, 0.1) is 17.7 Å². The van der Waals surface area contributed by atoms with Crippen LogP contribution in [0.5, 0.6) is 0 Å². The third-order valence-corrected chi connectivity index (χ3v) is 6.02. The fourth-order valence-corrected chi connectivity index (χ4v) is 4.20. The van der Waals surface area contributed by atoms with E-state index in [2.05, 4.69) is 22.3 Å². The molecule has 1 atom stereocenters. The van der Waals surface area contributed by atoms with Gasteiger partial charge in [-0.2, -0.15) is 23.3 Å². The number of rotatable bonds is 7. The van der Waals surface area contributed by atoms with Crippen molar-refractivity contribution in [3.63, 3.8) is 0 Å². The average Bonchev–Trinajstić information content (AvgIpc) is 3.22. The van der Waals surface area contributed by atoms with Crippen LogP contribution in [0.4, 0.5) is 30.2 Å². The second-order valence-electron chi connectivity index (χ2n) is 8.46. The van der Waals surface area contributed by atoms with Crippen molar-refractivity contribution in [2.75, 3.05) is 42.7 Å². The predicted octanol–water partition coefficient (Wildman–Crippen LogP) is 0.893. The minimum absolute atomic E-state index is 0.0860. The van der Waals surface area contributed by atoms with E-state index < -0.39 is 41.2 Å². The van der Waals surface area contributed by atoms with Gasteiger partial charge in [-0.1, -0.05) is 5.92 Å². The van der Waals surface area contributed by atoms with E-state index in [4.69, 9.17) is 4.84 Å². The van der Waals surface area contributed by atoms with Crippen LogP contribution in [0.3, 0.4) is 0 Å². The molecule has 0 aliphatic carbocycles. The van der Waals surface area contributed by atoms with E-state index in [0.29, 0.717) is 31.2 Å². The molecule has 13 nitrogen and oxygen atoms in total. The number of nitro groups is 1. The molecule has 0 spiro atoms. The lowest BCUT2D eigenvalue weighted by molar-refractivity contribution is -0.384. The monoisotopic (exact) mass is 549 g/mol. The molecule has 0 radical (unpaired) electrons. The lowest BCUT2D eigenvalue weighted by atomic mass is 10.1. The zero-order valence-corrected chi connectivity index (χ0v) is 20.5. The lowest BCUT2D eigenvalue weighted by Crippen LogP contribution is -2.61. The number of hydrogen-bond acceptors (Lipinski definition) is 11. The molecule has 0 saturated carbocycles. The number of Topliss-reactive ketones (excluding diaryl/α,β-unsaturated/α-hetero) is 1. The number of alkyl halides is 3. The van der Waals surface area contributed by atoms with Crippen molar-refractivity contribution in [2.45, 2.75) is 25.9 Å². The molecule has 2 aliphatic heterocycles. The van der Waals surface area contributed by atoms with Crippen molar-refractivity contribution >= 4 is 28.8 Å². The number of aromatic nitrogens is 2. The number of carbonyl (C=O) groups excluding carboxylic acids is 2. The van der Waals surface area contributed by atoms with Crippen LogP contribution in [0, 0.1) is 22.0 Å². The first-order chi connectivity index (χ1) is 18.5. The third-order valence-electron chi connectivity index (χ3n) is 6.02. The minimum atomic E-state index is -5.30. The molecular formula is C23H22F3N7O6. The Morgan fingerprint density at radius 3 is 2.49 bits per heavy atom. The molecule has 1 unspecified atom stereocenters. The minimum Gasteiger partial charge on any atom is -0.329 e. The molecule has 1 aromatic carbocycles. The van der Waals surface area contributed by atoms with Crippen LogP contribution >= 0.6 is 0 Å². The number of fused-ring (bicyclic) bond motifs is 1. The van der Waals surface area contributed by atoms with E-state index >= 15 is 0 Å². The highest BCUT2D eigenvalue weighted by molar-refractivity contribution is 5.96. The molecule has 1 aromatic heterocycles. The van der Waals surface area contributed by atoms with Gasteiger partial charge < -0.3 is 15.1 Å². The molecule has 4 rings (SSSR count). The number of nitrogens with zero attached hydrogens (tertiary/aromatic N) is 6. The number of hydrogen-bond donors (Lipinski definition) is 1. The molecule has 16 heteroatoms. The van der Waals surface area contributed by atoms with Crippen molar-refractivity contribution in [3.8, 4) is 11.8 Å². The molecule has 1 saturated heterocycles. The van der Waals surface area contributed by atoms with Gasteiger partial charge in [-0.15, -0.1) is 5.92 Å². The van der Waals surface area contributed by atoms with Gasteiger partial charge in [0, 0.05) is 43.9 Å². The number of piperazine rings is 1. The summed E-state index contributed by atoms with van der Waals surface area (Å²) in [5, 5.41) is 18.6. The molecule has 206 valence electrons. The number of hydroxylamine groups is 1. The first-order valence-corrected chi connectivity index (χ1v) is 11.6. The second kappa shape index (κ2) is 11.1. The number of ketones is 1. The van der Waals surface area contributed by atoms with E-state index in [1.807, 2.05) is 0 Å². The summed E-state index contributed by atoms with van der Waals surface area (Å²) >= 11 is 0. The molecule has 2 aromatic rings. The van der Waals surface area contributed by atoms with Crippen LogP contribution in [0.15, 0.2) is 35.3 Å². The second-order valence-corrected chi connectivity index (χ2v) is 8.46. The van der Waals surface area contributed by atoms with Crippen molar-refractivity contribution in [1.29, 1.82) is 0 Å². The molecule has 39 heavy (non-hydrogen) atoms. The first kappa shape index (κ1) is 27.5. The van der Waals surface area contributed by atoms with Crippen LogP contribution < -0.4 is 20.8 Å². The number of anilines is 2. The summed E-state index contributed by atoms with van der Waals surface area (Å²) in [6.45, 7) is 2.59. The average molecular weight is 549 g/mol. The van der Waals surface area contributed by atoms with Gasteiger partial charge in [0.15, 0.2) is 12.1 Å². The van der Waals surface area contributed by atoms with E-state index in [1.54, 1.807) is 11.8 Å². The lowest BCUT2D eigenvalue weighted by Gasteiger charge is -2.40. The fourth-order valence-electron chi connectivity index (χ4n) is 4.20. The van der Waals surface area contributed by atoms with E-state index in [-0.39, 0.29) is 29.2 Å². The van der Waals surface area contributed by atoms with Crippen molar-refractivity contribution in [1.82, 2.24) is 20.0 Å². The van der Waals surface area contributed by atoms with Gasteiger partial charge in [0.1, 0.15) is 17.9 Å². The fraction of sp³-hybridized carbons (Fsp3) is 0.391. The number of benzene rings is 1. The topological polar surface area (TPSA) is 143 Å². The predicted molar refractivity (Wildman–Crippen MR) is 130 cm³/mol. The normalized spacial score (nSPS) is 17.3. The number of nitrogens with one attached hydrogen (secondary N) is 1. The Bertz CT molecular complexity index is 1390. The number of nitro benzene ring substituents is 1. The summed E-state index contributed by atoms with van der Waals surface area (Å²) in [5.41, 5.74) is -1.31. The molecule has 1 fully saturated rings. The molecule has 2 aliphatic rings. The maximum atomic E-state index is 13.6. The van der Waals surface area contributed by atoms with Crippen molar-refractivity contribution < 1.29 is 32.5 Å². The summed E-state index contributed by atoms with van der Waals surface area (Å²) in [7, 11) is 0. The smallest absolute Gasteiger partial charge is 0.329 e. The maximum Gasteiger partial charge on any atom is 0.493 e. The summed E-state index contributed by atoms with van der Waals surface area (Å²) in [5.74, 6) is 2.40. The van der Waals surface area contributed by atoms with Crippen molar-refractivity contribution in [2.24, 2.45) is 0 Å². The van der Waals surface area contributed by atoms with Crippen LogP contribution in [0.2, 0.25) is 0 Å². The van der Waals surface area contributed by atoms with Crippen LogP contribution in [0.1, 0.15) is 17.3 Å². The summed E-state index contributed by atoms with van der Waals surface area (Å²) < 4.78 is 40.3. The van der Waals surface area contributed by atoms with E-state index in [9.17, 15) is 37.7 Å². The highest BCUT2D eigenvalue weighted by atomic mass is 19.4. The number of halogens is 3. The SMILES string of the molecule is CC#CCN1c2c(cnn(CC(=O)c3ccc([N+](=O)[O-])cc3)c2=O)N(OC(=O)C(F)(F)F)C1N1CCNCC1. The Labute approximate surface area is 218 Å². The highest BCUT2D eigenvalue weighted by Gasteiger charge is 2.49. The Morgan fingerprint density at radius 1 is 1.23 bits per heavy atom. The molecule has 0 bridgehead atoms. The summed E-state index contributed by atoms with van der Waals surface area (Å²) in [6.07, 6.45) is -5.40. The largest absolute Gasteiger partial charge is 0.493 e. The number of non-ortho nitro benzene ring substituents is 1. The van der Waals surface area contributed by atoms with Crippen LogP contribution in [0.25, 0.3) is 0 Å². The van der Waals surface area contributed by atoms with E-state index in [1.165, 1.54) is 17.0 Å². The summed E-state index contributed by atoms with van der Waals surface area (Å²) in [6, 6.07) is 4.76. The standard InChI is InChI=1S/C23H22F3N7O6/c1-2-3-10-30-19-17(32(39-21(36)23(24,25)26)22(30)29-11-8-27-9-12-29)13-28-31(20(19)35)14-18(34)15-4-6-16(7-5-15)33(37)38/h4-7,13,22,27H,8-12,14H2,1H3. The van der Waals surface area contributed by atoms with Crippen LogP contribution in [-0.4, -0.2) is 76.5 Å². The zero-order valence-electron chi connectivity index (χ0n) is 20.5. The first-order valence-electron chi connectivity index (χ1n) is 11.6. The number of carbonyl (C=O) groups is 2. The van der Waals surface area contributed by atoms with Gasteiger partial charge in [0.2, 0.25) is 0 Å². The van der Waals surface area contributed by atoms with E-state index in [0.717, 1.165) is 23.0 Å². The maximum absolute atomic E-state index is 13.6. The van der Waals surface area contributed by atoms with Gasteiger partial charge in [0.25, 0.3) is 11.2 Å². The Morgan fingerprint density at radius 2 is 1.90 bits per heavy atom. The Hall–Kier alpha value is -4.49. The molecular weight excluding hydrogens is 527 g/mol. The highest BCUT2D eigenvalue weighted by Crippen LogP contribution is 2.38. The van der Waals surface area contributed by atoms with Crippen LogP contribution in [-0.2, 0) is 16.2 Å². The quantitative estimate of drug-likeness (QED) is 0.228. The summed E-state index contributed by atoms with van der Waals surface area (Å²) in [4.78, 5) is 56.3. The van der Waals surface area contributed by atoms with Gasteiger partial charge in [-0.05, 0) is 19.1 Å². The Balaban J connectivity index is 1.74. The molecule has 3 heterocycles. The third kappa shape index (κ3) is 5.68. The molecule has 1 N–H and O–H groups in total. The molecule has 0 amide bonds. The van der Waals surface area contributed by atoms with Gasteiger partial charge in [-0.25, -0.2) is 9.48 Å². The van der Waals surface area contributed by atoms with Crippen molar-refractivity contribution in [3.05, 3.63) is 56.5 Å². The van der Waals surface area contributed by atoms with Gasteiger partial charge in [-0.3, -0.25) is 24.6 Å². The Kier molecular flexibility index (Phi) is 7.83. The zero-order chi connectivity index (χ0) is 28.3. The van der Waals surface area contributed by atoms with Gasteiger partial charge >= 0.3 is 12.1 Å².